The Hall–Kier alpha value is 0.270. The summed E-state index contributed by atoms with van der Waals surface area (Å²) >= 11 is 0. The fourth-order valence-corrected chi connectivity index (χ4v) is 0.564. The SMILES string of the molecule is [B][B]OC(CO[B])COB([B])[B]. The van der Waals surface area contributed by atoms with Gasteiger partial charge in [0.25, 0.3) is 8.05 Å². The van der Waals surface area contributed by atoms with Crippen LogP contribution in [-0.4, -0.2) is 64.6 Å². The molecule has 0 saturated carbocycles. The molecule has 0 aromatic carbocycles. The van der Waals surface area contributed by atoms with Crippen LogP contribution in [0, 0.1) is 0 Å². The van der Waals surface area contributed by atoms with Crippen LogP contribution in [0.1, 0.15) is 0 Å². The lowest BCUT2D eigenvalue weighted by atomic mass is 9.32. The van der Waals surface area contributed by atoms with Crippen LogP contribution in [-0.2, 0) is 14.0 Å². The van der Waals surface area contributed by atoms with E-state index in [-0.39, 0.29) is 13.2 Å². The summed E-state index contributed by atoms with van der Waals surface area (Å²) in [6, 6.07) is 0. The molecule has 0 fully saturated rings. The topological polar surface area (TPSA) is 27.7 Å². The van der Waals surface area contributed by atoms with E-state index in [9.17, 15) is 0 Å². The van der Waals surface area contributed by atoms with Crippen LogP contribution in [0.2, 0.25) is 0 Å². The van der Waals surface area contributed by atoms with Gasteiger partial charge >= 0.3 is 0 Å². The highest BCUT2D eigenvalue weighted by Gasteiger charge is 2.08. The van der Waals surface area contributed by atoms with Crippen molar-refractivity contribution >= 4 is 45.3 Å². The van der Waals surface area contributed by atoms with Crippen molar-refractivity contribution in [2.75, 3.05) is 13.2 Å². The Balaban J connectivity index is 3.48. The zero-order valence-electron chi connectivity index (χ0n) is 6.68. The summed E-state index contributed by atoms with van der Waals surface area (Å²) in [6.45, 7) is -0.519. The van der Waals surface area contributed by atoms with E-state index in [4.69, 9.17) is 40.6 Å². The number of rotatable bonds is 7. The van der Waals surface area contributed by atoms with Gasteiger partial charge in [0.2, 0.25) is 7.37 Å². The van der Waals surface area contributed by atoms with Crippen molar-refractivity contribution < 1.29 is 14.0 Å². The molecular formula is C3H5B6O3. The summed E-state index contributed by atoms with van der Waals surface area (Å²) < 4.78 is 14.0. The van der Waals surface area contributed by atoms with E-state index in [1.807, 2.05) is 0 Å². The van der Waals surface area contributed by atoms with Gasteiger partial charge in [0, 0.05) is 0 Å². The molecule has 0 aromatic rings. The summed E-state index contributed by atoms with van der Waals surface area (Å²) in [7, 11) is 21.1. The minimum atomic E-state index is -0.841. The first-order valence-corrected chi connectivity index (χ1v) is 3.34. The predicted octanol–water partition coefficient (Wildman–Crippen LogP) is -2.49. The molecule has 0 aliphatic heterocycles. The van der Waals surface area contributed by atoms with Gasteiger partial charge in [-0.05, 0) is 0 Å². The largest absolute Gasteiger partial charge is 0.454 e. The molecule has 0 aliphatic carbocycles. The molecule has 0 rings (SSSR count). The fraction of sp³-hybridized carbons (Fsp3) is 1.00. The first-order chi connectivity index (χ1) is 5.70. The van der Waals surface area contributed by atoms with E-state index in [1.54, 1.807) is 0 Å². The summed E-state index contributed by atoms with van der Waals surface area (Å²) in [5.41, 5.74) is 0. The van der Waals surface area contributed by atoms with Crippen LogP contribution >= 0.6 is 0 Å². The molecule has 0 aromatic heterocycles. The van der Waals surface area contributed by atoms with Crippen LogP contribution in [0.5, 0.6) is 0 Å². The monoisotopic (exact) mass is 155 g/mol. The molecule has 1 atom stereocenters. The Bertz CT molecular complexity index is 96.0. The highest BCUT2D eigenvalue weighted by molar-refractivity contribution is 7.26. The van der Waals surface area contributed by atoms with Crippen molar-refractivity contribution in [1.29, 1.82) is 0 Å². The van der Waals surface area contributed by atoms with E-state index >= 15 is 0 Å². The van der Waals surface area contributed by atoms with Gasteiger partial charge in [-0.3, -0.25) is 0 Å². The van der Waals surface area contributed by atoms with Crippen molar-refractivity contribution in [3.63, 3.8) is 0 Å². The van der Waals surface area contributed by atoms with Gasteiger partial charge < -0.3 is 14.0 Å². The van der Waals surface area contributed by atoms with Gasteiger partial charge in [0.1, 0.15) is 0 Å². The number of hydrogen-bond donors (Lipinski definition) is 0. The molecule has 0 spiro atoms. The molecule has 1 unspecified atom stereocenters. The molecule has 0 heterocycles. The fourth-order valence-electron chi connectivity index (χ4n) is 0.564. The maximum atomic E-state index is 5.12. The van der Waals surface area contributed by atoms with Gasteiger partial charge in [-0.2, -0.15) is 0 Å². The molecule has 9 radical (unpaired) electrons. The summed E-state index contributed by atoms with van der Waals surface area (Å²) in [4.78, 5) is 0. The highest BCUT2D eigenvalue weighted by atomic mass is 16.5. The van der Waals surface area contributed by atoms with Crippen molar-refractivity contribution in [3.05, 3.63) is 0 Å². The van der Waals surface area contributed by atoms with Crippen molar-refractivity contribution in [1.82, 2.24) is 0 Å². The molecule has 0 N–H and O–H groups in total. The maximum Gasteiger partial charge on any atom is 0.282 e. The third-order valence-corrected chi connectivity index (χ3v) is 1.03. The van der Waals surface area contributed by atoms with E-state index in [0.717, 1.165) is 7.37 Å². The zero-order valence-corrected chi connectivity index (χ0v) is 6.68. The Morgan fingerprint density at radius 3 is 2.42 bits per heavy atom. The van der Waals surface area contributed by atoms with Crippen LogP contribution in [0.3, 0.4) is 0 Å². The van der Waals surface area contributed by atoms with Gasteiger partial charge in [0.15, 0.2) is 6.70 Å². The highest BCUT2D eigenvalue weighted by Crippen LogP contribution is 1.92. The first kappa shape index (κ1) is 12.3. The minimum absolute atomic E-state index is 0.153. The standard InChI is InChI=1S/C3H5B6O3/c4-8-12-3(1-10-7)2-11-9(5)6/h3H,1-2H2. The summed E-state index contributed by atoms with van der Waals surface area (Å²) in [5, 5.41) is 0. The van der Waals surface area contributed by atoms with Gasteiger partial charge in [-0.1, -0.05) is 0 Å². The van der Waals surface area contributed by atoms with Crippen LogP contribution < -0.4 is 0 Å². The normalized spacial score (nSPS) is 12.3. The second kappa shape index (κ2) is 7.90. The molecular weight excluding hydrogens is 149 g/mol. The lowest BCUT2D eigenvalue weighted by Gasteiger charge is -2.18. The van der Waals surface area contributed by atoms with Crippen LogP contribution in [0.15, 0.2) is 0 Å². The second-order valence-corrected chi connectivity index (χ2v) is 2.03. The molecule has 0 aliphatic rings. The summed E-state index contributed by atoms with van der Waals surface area (Å²) in [5.74, 6) is 0. The Labute approximate surface area is 79.3 Å². The molecule has 53 valence electrons. The van der Waals surface area contributed by atoms with Gasteiger partial charge in [-0.15, -0.1) is 0 Å². The van der Waals surface area contributed by atoms with E-state index in [1.165, 1.54) is 0 Å². The Kier molecular flexibility index (Phi) is 8.07. The molecule has 0 bridgehead atoms. The van der Waals surface area contributed by atoms with E-state index in [0.29, 0.717) is 0 Å². The third-order valence-electron chi connectivity index (χ3n) is 1.03. The molecule has 9 heteroatoms. The lowest BCUT2D eigenvalue weighted by Crippen LogP contribution is -2.31. The zero-order chi connectivity index (χ0) is 9.40. The van der Waals surface area contributed by atoms with Crippen molar-refractivity contribution in [3.8, 4) is 0 Å². The Morgan fingerprint density at radius 1 is 1.33 bits per heavy atom. The summed E-state index contributed by atoms with van der Waals surface area (Å²) in [6.07, 6.45) is -0.394. The second-order valence-electron chi connectivity index (χ2n) is 2.03. The van der Waals surface area contributed by atoms with Gasteiger partial charge in [-0.25, -0.2) is 0 Å². The molecule has 12 heavy (non-hydrogen) atoms. The van der Waals surface area contributed by atoms with Crippen molar-refractivity contribution in [2.24, 2.45) is 0 Å². The molecule has 0 amide bonds. The van der Waals surface area contributed by atoms with Gasteiger partial charge in [0.05, 0.1) is 42.5 Å². The smallest absolute Gasteiger partial charge is 0.282 e. The third kappa shape index (κ3) is 6.95. The molecule has 0 saturated heterocycles. The van der Waals surface area contributed by atoms with Crippen LogP contribution in [0.4, 0.5) is 0 Å². The average molecular weight is 154 g/mol. The van der Waals surface area contributed by atoms with E-state index in [2.05, 4.69) is 4.65 Å². The first-order valence-electron chi connectivity index (χ1n) is 3.34. The Morgan fingerprint density at radius 2 is 2.00 bits per heavy atom. The average Bonchev–Trinajstić information content (AvgIpc) is 2.01. The molecule has 3 nitrogen and oxygen atoms in total. The number of hydrogen-bond acceptors (Lipinski definition) is 3. The minimum Gasteiger partial charge on any atom is -0.454 e. The van der Waals surface area contributed by atoms with Crippen molar-refractivity contribution in [2.45, 2.75) is 6.10 Å². The maximum absolute atomic E-state index is 5.12. The lowest BCUT2D eigenvalue weighted by molar-refractivity contribution is 0.0935. The predicted molar refractivity (Wildman–Crippen MR) is 51.3 cm³/mol. The van der Waals surface area contributed by atoms with Crippen LogP contribution in [0.25, 0.3) is 0 Å². The quantitative estimate of drug-likeness (QED) is 0.380. The van der Waals surface area contributed by atoms with E-state index < -0.39 is 12.8 Å².